The smallest absolute Gasteiger partial charge is 0.144 e. The van der Waals surface area contributed by atoms with Gasteiger partial charge in [-0.1, -0.05) is 0 Å². The summed E-state index contributed by atoms with van der Waals surface area (Å²) in [4.78, 5) is 7.57. The minimum atomic E-state index is 0.430. The Bertz CT molecular complexity index is 1060. The predicted octanol–water partition coefficient (Wildman–Crippen LogP) is 4.12. The largest absolute Gasteiger partial charge is 0.489 e. The summed E-state index contributed by atoms with van der Waals surface area (Å²) in [6, 6.07) is 13.4. The SMILES string of the molecule is COCCOc1cc2nccc(Oc3ccc4[nH]ccc4c3)c2cc1N. The van der Waals surface area contributed by atoms with E-state index in [1.165, 1.54) is 0 Å². The minimum Gasteiger partial charge on any atom is -0.489 e. The van der Waals surface area contributed by atoms with E-state index in [0.717, 1.165) is 27.6 Å². The molecule has 0 atom stereocenters. The van der Waals surface area contributed by atoms with Gasteiger partial charge in [0.05, 0.1) is 17.8 Å². The van der Waals surface area contributed by atoms with Crippen molar-refractivity contribution in [3.05, 3.63) is 54.9 Å². The summed E-state index contributed by atoms with van der Waals surface area (Å²) in [6.07, 6.45) is 3.61. The van der Waals surface area contributed by atoms with Crippen LogP contribution in [0.3, 0.4) is 0 Å². The molecule has 0 amide bonds. The quantitative estimate of drug-likeness (QED) is 0.404. The molecule has 6 nitrogen and oxygen atoms in total. The highest BCUT2D eigenvalue weighted by Crippen LogP contribution is 2.35. The first-order chi connectivity index (χ1) is 12.7. The number of hydrogen-bond acceptors (Lipinski definition) is 5. The monoisotopic (exact) mass is 349 g/mol. The summed E-state index contributed by atoms with van der Waals surface area (Å²) in [5.74, 6) is 2.04. The van der Waals surface area contributed by atoms with Crippen LogP contribution >= 0.6 is 0 Å². The number of rotatable bonds is 6. The summed E-state index contributed by atoms with van der Waals surface area (Å²) in [5, 5.41) is 1.92. The number of nitrogens with one attached hydrogen (secondary N) is 1. The Morgan fingerprint density at radius 1 is 1.04 bits per heavy atom. The Balaban J connectivity index is 1.67. The van der Waals surface area contributed by atoms with Gasteiger partial charge in [0.2, 0.25) is 0 Å². The van der Waals surface area contributed by atoms with Gasteiger partial charge in [0, 0.05) is 41.9 Å². The van der Waals surface area contributed by atoms with Crippen LogP contribution in [0.25, 0.3) is 21.8 Å². The lowest BCUT2D eigenvalue weighted by Gasteiger charge is -2.12. The van der Waals surface area contributed by atoms with Crippen LogP contribution in [0.4, 0.5) is 5.69 Å². The fourth-order valence-corrected chi connectivity index (χ4v) is 2.84. The Morgan fingerprint density at radius 3 is 2.85 bits per heavy atom. The molecule has 26 heavy (non-hydrogen) atoms. The van der Waals surface area contributed by atoms with Crippen molar-refractivity contribution in [2.75, 3.05) is 26.1 Å². The first-order valence-corrected chi connectivity index (χ1v) is 8.29. The number of H-pyrrole nitrogens is 1. The molecule has 0 saturated heterocycles. The van der Waals surface area contributed by atoms with E-state index < -0.39 is 0 Å². The predicted molar refractivity (Wildman–Crippen MR) is 102 cm³/mol. The molecule has 0 aliphatic rings. The van der Waals surface area contributed by atoms with E-state index >= 15 is 0 Å². The second-order valence-corrected chi connectivity index (χ2v) is 5.89. The van der Waals surface area contributed by atoms with E-state index in [0.29, 0.717) is 30.4 Å². The molecule has 3 N–H and O–H groups in total. The van der Waals surface area contributed by atoms with Gasteiger partial charge in [-0.25, -0.2) is 0 Å². The normalized spacial score (nSPS) is 11.1. The first-order valence-electron chi connectivity index (χ1n) is 8.29. The molecule has 2 aromatic heterocycles. The summed E-state index contributed by atoms with van der Waals surface area (Å²) in [7, 11) is 1.63. The van der Waals surface area contributed by atoms with Crippen LogP contribution in [0.1, 0.15) is 0 Å². The van der Waals surface area contributed by atoms with Gasteiger partial charge >= 0.3 is 0 Å². The lowest BCUT2D eigenvalue weighted by Crippen LogP contribution is -2.06. The van der Waals surface area contributed by atoms with Crippen LogP contribution in [-0.2, 0) is 4.74 Å². The second-order valence-electron chi connectivity index (χ2n) is 5.89. The van der Waals surface area contributed by atoms with Crippen LogP contribution in [0.15, 0.2) is 54.9 Å². The number of ether oxygens (including phenoxy) is 3. The molecule has 2 aromatic carbocycles. The summed E-state index contributed by atoms with van der Waals surface area (Å²) < 4.78 is 16.7. The Hall–Kier alpha value is -3.25. The number of aromatic nitrogens is 2. The highest BCUT2D eigenvalue weighted by atomic mass is 16.5. The van der Waals surface area contributed by atoms with Gasteiger partial charge in [0.15, 0.2) is 0 Å². The minimum absolute atomic E-state index is 0.430. The van der Waals surface area contributed by atoms with E-state index in [2.05, 4.69) is 9.97 Å². The van der Waals surface area contributed by atoms with Crippen molar-refractivity contribution in [3.63, 3.8) is 0 Å². The number of anilines is 1. The third-order valence-corrected chi connectivity index (χ3v) is 4.13. The first kappa shape index (κ1) is 16.2. The zero-order valence-electron chi connectivity index (χ0n) is 14.4. The van der Waals surface area contributed by atoms with Crippen LogP contribution in [-0.4, -0.2) is 30.3 Å². The maximum absolute atomic E-state index is 6.14. The van der Waals surface area contributed by atoms with Crippen molar-refractivity contribution in [1.29, 1.82) is 0 Å². The molecule has 0 bridgehead atoms. The summed E-state index contributed by atoms with van der Waals surface area (Å²) in [5.41, 5.74) is 8.50. The maximum Gasteiger partial charge on any atom is 0.144 e. The van der Waals surface area contributed by atoms with Gasteiger partial charge in [-0.3, -0.25) is 4.98 Å². The van der Waals surface area contributed by atoms with Crippen molar-refractivity contribution >= 4 is 27.5 Å². The maximum atomic E-state index is 6.14. The van der Waals surface area contributed by atoms with Gasteiger partial charge in [0.25, 0.3) is 0 Å². The highest BCUT2D eigenvalue weighted by Gasteiger charge is 2.10. The number of nitrogens with two attached hydrogens (primary N) is 1. The standard InChI is InChI=1S/C20H19N3O3/c1-24-8-9-25-20-12-18-15(11-16(20)21)19(5-7-23-18)26-14-2-3-17-13(10-14)4-6-22-17/h2-7,10-12,22H,8-9,21H2,1H3. The topological polar surface area (TPSA) is 82.4 Å². The van der Waals surface area contributed by atoms with Crippen LogP contribution in [0.2, 0.25) is 0 Å². The van der Waals surface area contributed by atoms with Crippen molar-refractivity contribution in [2.45, 2.75) is 0 Å². The lowest BCUT2D eigenvalue weighted by molar-refractivity contribution is 0.147. The number of nitrogen functional groups attached to an aromatic ring is 1. The molecule has 6 heteroatoms. The Morgan fingerprint density at radius 2 is 1.96 bits per heavy atom. The third-order valence-electron chi connectivity index (χ3n) is 4.13. The number of pyridine rings is 1. The highest BCUT2D eigenvalue weighted by molar-refractivity contribution is 5.90. The zero-order chi connectivity index (χ0) is 17.9. The van der Waals surface area contributed by atoms with Crippen molar-refractivity contribution in [3.8, 4) is 17.2 Å². The number of hydrogen-bond donors (Lipinski definition) is 2. The molecule has 4 aromatic rings. The van der Waals surface area contributed by atoms with E-state index in [1.54, 1.807) is 13.3 Å². The van der Waals surface area contributed by atoms with Gasteiger partial charge in [0.1, 0.15) is 23.9 Å². The average Bonchev–Trinajstić information content (AvgIpc) is 3.11. The van der Waals surface area contributed by atoms with E-state index in [1.807, 2.05) is 48.7 Å². The zero-order valence-corrected chi connectivity index (χ0v) is 14.4. The lowest BCUT2D eigenvalue weighted by atomic mass is 10.1. The summed E-state index contributed by atoms with van der Waals surface area (Å²) in [6.45, 7) is 0.925. The summed E-state index contributed by atoms with van der Waals surface area (Å²) >= 11 is 0. The fraction of sp³-hybridized carbons (Fsp3) is 0.150. The van der Waals surface area contributed by atoms with Gasteiger partial charge in [-0.05, 0) is 36.4 Å². The number of fused-ring (bicyclic) bond motifs is 2. The van der Waals surface area contributed by atoms with Crippen LogP contribution in [0.5, 0.6) is 17.2 Å². The van der Waals surface area contributed by atoms with Crippen molar-refractivity contribution in [2.24, 2.45) is 0 Å². The number of aromatic amines is 1. The van der Waals surface area contributed by atoms with Crippen LogP contribution in [0, 0.1) is 0 Å². The molecule has 0 radical (unpaired) electrons. The molecule has 0 unspecified atom stereocenters. The molecular weight excluding hydrogens is 330 g/mol. The number of benzene rings is 2. The van der Waals surface area contributed by atoms with E-state index in [4.69, 9.17) is 19.9 Å². The van der Waals surface area contributed by atoms with E-state index in [9.17, 15) is 0 Å². The molecule has 0 fully saturated rings. The third kappa shape index (κ3) is 3.14. The molecule has 4 rings (SSSR count). The molecule has 132 valence electrons. The van der Waals surface area contributed by atoms with E-state index in [-0.39, 0.29) is 0 Å². The molecule has 0 aliphatic carbocycles. The number of methoxy groups -OCH3 is 1. The second kappa shape index (κ2) is 6.93. The van der Waals surface area contributed by atoms with Crippen LogP contribution < -0.4 is 15.2 Å². The fourth-order valence-electron chi connectivity index (χ4n) is 2.84. The van der Waals surface area contributed by atoms with Gasteiger partial charge in [-0.15, -0.1) is 0 Å². The molecule has 2 heterocycles. The Kier molecular flexibility index (Phi) is 4.33. The van der Waals surface area contributed by atoms with Gasteiger partial charge < -0.3 is 24.9 Å². The molecule has 0 aliphatic heterocycles. The molecule has 0 spiro atoms. The van der Waals surface area contributed by atoms with Crippen molar-refractivity contribution in [1.82, 2.24) is 9.97 Å². The average molecular weight is 349 g/mol. The van der Waals surface area contributed by atoms with Crippen molar-refractivity contribution < 1.29 is 14.2 Å². The molecule has 0 saturated carbocycles. The Labute approximate surface area is 150 Å². The number of nitrogens with zero attached hydrogens (tertiary/aromatic N) is 1. The van der Waals surface area contributed by atoms with Gasteiger partial charge in [-0.2, -0.15) is 0 Å². The molecular formula is C20H19N3O3.